The van der Waals surface area contributed by atoms with Gasteiger partial charge in [-0.15, -0.1) is 24.0 Å². The first-order valence-corrected chi connectivity index (χ1v) is 8.67. The molecule has 1 saturated heterocycles. The van der Waals surface area contributed by atoms with E-state index in [0.29, 0.717) is 12.5 Å². The second kappa shape index (κ2) is 10.7. The maximum Gasteiger partial charge on any atom is 0.416 e. The van der Waals surface area contributed by atoms with Crippen molar-refractivity contribution in [3.05, 3.63) is 35.4 Å². The van der Waals surface area contributed by atoms with Crippen LogP contribution in [0.5, 0.6) is 0 Å². The third-order valence-corrected chi connectivity index (χ3v) is 4.38. The van der Waals surface area contributed by atoms with Gasteiger partial charge in [0, 0.05) is 33.7 Å². The molecule has 152 valence electrons. The molecule has 9 heteroatoms. The summed E-state index contributed by atoms with van der Waals surface area (Å²) in [5, 5.41) is 3.03. The molecule has 1 aliphatic rings. The Labute approximate surface area is 175 Å². The van der Waals surface area contributed by atoms with Gasteiger partial charge in [-0.05, 0) is 37.0 Å². The fourth-order valence-electron chi connectivity index (χ4n) is 2.94. The zero-order valence-corrected chi connectivity index (χ0v) is 17.9. The maximum absolute atomic E-state index is 12.6. The lowest BCUT2D eigenvalue weighted by Crippen LogP contribution is -2.46. The molecule has 1 aliphatic heterocycles. The normalized spacial score (nSPS) is 15.1. The summed E-state index contributed by atoms with van der Waals surface area (Å²) >= 11 is 0. The van der Waals surface area contributed by atoms with Crippen LogP contribution < -0.4 is 5.32 Å². The Morgan fingerprint density at radius 3 is 2.30 bits per heavy atom. The van der Waals surface area contributed by atoms with Gasteiger partial charge in [0.2, 0.25) is 5.91 Å². The van der Waals surface area contributed by atoms with Crippen molar-refractivity contribution in [2.24, 2.45) is 4.99 Å². The number of rotatable bonds is 4. The average molecular weight is 498 g/mol. The second-order valence-electron chi connectivity index (χ2n) is 6.39. The molecule has 0 atom stereocenters. The molecule has 1 aromatic carbocycles. The number of halogens is 4. The van der Waals surface area contributed by atoms with E-state index in [-0.39, 0.29) is 36.4 Å². The summed E-state index contributed by atoms with van der Waals surface area (Å²) in [6.45, 7) is 2.13. The number of hydrogen-bond acceptors (Lipinski definition) is 2. The van der Waals surface area contributed by atoms with E-state index in [1.54, 1.807) is 19.0 Å². The minimum absolute atomic E-state index is 0. The molecule has 1 heterocycles. The van der Waals surface area contributed by atoms with Crippen LogP contribution in [0.2, 0.25) is 0 Å². The van der Waals surface area contributed by atoms with Crippen LogP contribution in [0.3, 0.4) is 0 Å². The zero-order chi connectivity index (χ0) is 19.2. The summed E-state index contributed by atoms with van der Waals surface area (Å²) in [6, 6.07) is 5.04. The van der Waals surface area contributed by atoms with Crippen LogP contribution in [0.1, 0.15) is 30.4 Å². The molecule has 0 unspecified atom stereocenters. The monoisotopic (exact) mass is 498 g/mol. The first-order chi connectivity index (χ1) is 12.3. The number of likely N-dealkylation sites (tertiary alicyclic amines) is 1. The van der Waals surface area contributed by atoms with Crippen molar-refractivity contribution in [3.8, 4) is 0 Å². The Balaban J connectivity index is 0.00000364. The molecule has 27 heavy (non-hydrogen) atoms. The van der Waals surface area contributed by atoms with Crippen molar-refractivity contribution in [2.45, 2.75) is 32.0 Å². The van der Waals surface area contributed by atoms with Gasteiger partial charge in [0.15, 0.2) is 5.96 Å². The van der Waals surface area contributed by atoms with E-state index in [4.69, 9.17) is 0 Å². The highest BCUT2D eigenvalue weighted by atomic mass is 127. The Bertz CT molecular complexity index is 628. The van der Waals surface area contributed by atoms with E-state index in [2.05, 4.69) is 10.3 Å². The molecule has 1 aromatic rings. The number of nitrogens with zero attached hydrogens (tertiary/aromatic N) is 3. The Hall–Kier alpha value is -1.52. The van der Waals surface area contributed by atoms with E-state index < -0.39 is 11.7 Å². The van der Waals surface area contributed by atoms with Crippen LogP contribution in [-0.2, 0) is 17.5 Å². The van der Waals surface area contributed by atoms with Gasteiger partial charge in [0.25, 0.3) is 0 Å². The second-order valence-corrected chi connectivity index (χ2v) is 6.39. The first-order valence-electron chi connectivity index (χ1n) is 8.67. The molecule has 1 amide bonds. The van der Waals surface area contributed by atoms with Crippen LogP contribution in [0.15, 0.2) is 29.3 Å². The standard InChI is InChI=1S/C18H25F3N4O.HI/c1-22-17(23-12-16(26)25-10-4-3-5-11-25)24(2)13-14-6-8-15(9-7-14)18(19,20)21;/h6-9H,3-5,10-13H2,1-2H3,(H,22,23);1H. The lowest BCUT2D eigenvalue weighted by Gasteiger charge is -2.28. The summed E-state index contributed by atoms with van der Waals surface area (Å²) in [5.74, 6) is 0.559. The topological polar surface area (TPSA) is 47.9 Å². The van der Waals surface area contributed by atoms with Gasteiger partial charge in [-0.3, -0.25) is 9.79 Å². The highest BCUT2D eigenvalue weighted by Gasteiger charge is 2.30. The van der Waals surface area contributed by atoms with Crippen LogP contribution >= 0.6 is 24.0 Å². The molecular weight excluding hydrogens is 472 g/mol. The van der Waals surface area contributed by atoms with Crippen LogP contribution in [0.4, 0.5) is 13.2 Å². The van der Waals surface area contributed by atoms with Crippen LogP contribution in [0.25, 0.3) is 0 Å². The molecule has 2 rings (SSSR count). The molecule has 1 fully saturated rings. The quantitative estimate of drug-likeness (QED) is 0.394. The SMILES string of the molecule is CN=C(NCC(=O)N1CCCCC1)N(C)Cc1ccc(C(F)(F)F)cc1.I. The maximum atomic E-state index is 12.6. The predicted molar refractivity (Wildman–Crippen MR) is 110 cm³/mol. The number of benzene rings is 1. The summed E-state index contributed by atoms with van der Waals surface area (Å²) in [7, 11) is 3.38. The predicted octanol–water partition coefficient (Wildman–Crippen LogP) is 3.34. The highest BCUT2D eigenvalue weighted by molar-refractivity contribution is 14.0. The molecular formula is C18H26F3IN4O. The molecule has 1 N–H and O–H groups in total. The summed E-state index contributed by atoms with van der Waals surface area (Å²) in [5.41, 5.74) is 0.0596. The number of amides is 1. The van der Waals surface area contributed by atoms with E-state index in [1.165, 1.54) is 12.1 Å². The Morgan fingerprint density at radius 1 is 1.19 bits per heavy atom. The van der Waals surface area contributed by atoms with Crippen LogP contribution in [0, 0.1) is 0 Å². The van der Waals surface area contributed by atoms with Crippen LogP contribution in [-0.4, -0.2) is 55.4 Å². The van der Waals surface area contributed by atoms with Gasteiger partial charge in [0.05, 0.1) is 12.1 Å². The average Bonchev–Trinajstić information content (AvgIpc) is 2.62. The van der Waals surface area contributed by atoms with Gasteiger partial charge in [-0.25, -0.2) is 0 Å². The number of piperidine rings is 1. The molecule has 5 nitrogen and oxygen atoms in total. The van der Waals surface area contributed by atoms with Gasteiger partial charge in [-0.1, -0.05) is 12.1 Å². The first kappa shape index (κ1) is 23.5. The number of alkyl halides is 3. The summed E-state index contributed by atoms with van der Waals surface area (Å²) in [4.78, 5) is 20.0. The molecule has 0 aromatic heterocycles. The van der Waals surface area contributed by atoms with Crippen molar-refractivity contribution < 1.29 is 18.0 Å². The van der Waals surface area contributed by atoms with Crippen molar-refractivity contribution in [1.82, 2.24) is 15.1 Å². The number of carbonyl (C=O) groups excluding carboxylic acids is 1. The fraction of sp³-hybridized carbons (Fsp3) is 0.556. The summed E-state index contributed by atoms with van der Waals surface area (Å²) in [6.07, 6.45) is -1.10. The molecule has 0 saturated carbocycles. The number of hydrogen-bond donors (Lipinski definition) is 1. The van der Waals surface area contributed by atoms with E-state index in [0.717, 1.165) is 50.0 Å². The van der Waals surface area contributed by atoms with Gasteiger partial charge >= 0.3 is 6.18 Å². The largest absolute Gasteiger partial charge is 0.416 e. The van der Waals surface area contributed by atoms with Gasteiger partial charge in [0.1, 0.15) is 0 Å². The number of guanidine groups is 1. The van der Waals surface area contributed by atoms with E-state index >= 15 is 0 Å². The number of aliphatic imine (C=N–C) groups is 1. The number of nitrogens with one attached hydrogen (secondary N) is 1. The lowest BCUT2D eigenvalue weighted by atomic mass is 10.1. The lowest BCUT2D eigenvalue weighted by molar-refractivity contribution is -0.137. The van der Waals surface area contributed by atoms with E-state index in [9.17, 15) is 18.0 Å². The van der Waals surface area contributed by atoms with Crippen molar-refractivity contribution in [2.75, 3.05) is 33.7 Å². The van der Waals surface area contributed by atoms with Crippen molar-refractivity contribution >= 4 is 35.8 Å². The fourth-order valence-corrected chi connectivity index (χ4v) is 2.94. The zero-order valence-electron chi connectivity index (χ0n) is 15.6. The molecule has 0 radical (unpaired) electrons. The third-order valence-electron chi connectivity index (χ3n) is 4.38. The smallest absolute Gasteiger partial charge is 0.347 e. The third kappa shape index (κ3) is 7.19. The molecule has 0 bridgehead atoms. The summed E-state index contributed by atoms with van der Waals surface area (Å²) < 4.78 is 37.9. The van der Waals surface area contributed by atoms with Crippen molar-refractivity contribution in [1.29, 1.82) is 0 Å². The highest BCUT2D eigenvalue weighted by Crippen LogP contribution is 2.29. The number of carbonyl (C=O) groups is 1. The minimum atomic E-state index is -4.34. The molecule has 0 spiro atoms. The van der Waals surface area contributed by atoms with Crippen molar-refractivity contribution in [3.63, 3.8) is 0 Å². The Kier molecular flexibility index (Phi) is 9.34. The molecule has 0 aliphatic carbocycles. The minimum Gasteiger partial charge on any atom is -0.347 e. The van der Waals surface area contributed by atoms with E-state index in [1.807, 2.05) is 4.90 Å². The van der Waals surface area contributed by atoms with Gasteiger partial charge < -0.3 is 15.1 Å². The van der Waals surface area contributed by atoms with Gasteiger partial charge in [-0.2, -0.15) is 13.2 Å². The Morgan fingerprint density at radius 2 is 1.78 bits per heavy atom.